The van der Waals surface area contributed by atoms with Crippen molar-refractivity contribution in [1.29, 1.82) is 0 Å². The Hall–Kier alpha value is -2.25. The van der Waals surface area contributed by atoms with Crippen LogP contribution in [0.25, 0.3) is 0 Å². The number of carbonyl (C=O) groups is 1. The summed E-state index contributed by atoms with van der Waals surface area (Å²) in [5.74, 6) is -0.395. The number of hydrogen-bond donors (Lipinski definition) is 3. The minimum absolute atomic E-state index is 0.128. The fourth-order valence-electron chi connectivity index (χ4n) is 3.32. The van der Waals surface area contributed by atoms with Gasteiger partial charge in [-0.3, -0.25) is 4.79 Å². The summed E-state index contributed by atoms with van der Waals surface area (Å²) in [6, 6.07) is 13.5. The summed E-state index contributed by atoms with van der Waals surface area (Å²) >= 11 is 0. The molecule has 3 rings (SSSR count). The number of aliphatic hydroxyl groups is 2. The van der Waals surface area contributed by atoms with Crippen LogP contribution in [0, 0.1) is 0 Å². The van der Waals surface area contributed by atoms with Crippen LogP contribution in [0.2, 0.25) is 0 Å². The van der Waals surface area contributed by atoms with Gasteiger partial charge in [0.1, 0.15) is 30.7 Å². The van der Waals surface area contributed by atoms with Crippen molar-refractivity contribution in [2.24, 2.45) is 0 Å². The number of ether oxygens (including phenoxy) is 2. The molecule has 28 heavy (non-hydrogen) atoms. The average Bonchev–Trinajstić information content (AvgIpc) is 2.67. The molecule has 0 aromatic heterocycles. The smallest absolute Gasteiger partial charge is 0.188 e. The fourth-order valence-corrected chi connectivity index (χ4v) is 3.32. The molecule has 1 heterocycles. The maximum absolute atomic E-state index is 11.7. The Labute approximate surface area is 164 Å². The number of aliphatic hydroxyl groups excluding tert-OH is 1. The van der Waals surface area contributed by atoms with E-state index in [4.69, 9.17) is 9.47 Å². The Kier molecular flexibility index (Phi) is 5.59. The second-order valence-corrected chi connectivity index (χ2v) is 8.09. The van der Waals surface area contributed by atoms with Crippen LogP contribution in [0.1, 0.15) is 37.5 Å². The van der Waals surface area contributed by atoms with Crippen molar-refractivity contribution in [2.75, 3.05) is 13.2 Å². The number of carbonyl (C=O) groups excluding carboxylic acids is 1. The molecule has 0 bridgehead atoms. The molecule has 6 heteroatoms. The molecule has 1 fully saturated rings. The number of Topliss-reactive ketones (excluding diaryl/α,β-unsaturated/α-hetero) is 1. The molecule has 1 aliphatic heterocycles. The number of ketones is 1. The van der Waals surface area contributed by atoms with Crippen molar-refractivity contribution < 1.29 is 29.6 Å². The Morgan fingerprint density at radius 1 is 1.00 bits per heavy atom. The van der Waals surface area contributed by atoms with Crippen LogP contribution in [-0.4, -0.2) is 46.7 Å². The third-order valence-electron chi connectivity index (χ3n) is 4.99. The van der Waals surface area contributed by atoms with Gasteiger partial charge in [0, 0.05) is 5.56 Å². The molecule has 3 N–H and O–H groups in total. The Bertz CT molecular complexity index is 832. The van der Waals surface area contributed by atoms with Gasteiger partial charge in [0.2, 0.25) is 0 Å². The SMILES string of the molecule is CC(C)(C)c1ccc(C(O)(c2ccccc2)C(O)C2OCC(=O)CO2)c(O)c1. The number of benzene rings is 2. The molecule has 2 atom stereocenters. The van der Waals surface area contributed by atoms with E-state index >= 15 is 0 Å². The molecule has 150 valence electrons. The van der Waals surface area contributed by atoms with Gasteiger partial charge in [-0.05, 0) is 22.6 Å². The zero-order valence-electron chi connectivity index (χ0n) is 16.3. The van der Waals surface area contributed by atoms with E-state index in [9.17, 15) is 20.1 Å². The summed E-state index contributed by atoms with van der Waals surface area (Å²) in [5, 5.41) is 33.4. The van der Waals surface area contributed by atoms with E-state index in [0.717, 1.165) is 5.56 Å². The summed E-state index contributed by atoms with van der Waals surface area (Å²) in [5.41, 5.74) is -0.828. The zero-order chi connectivity index (χ0) is 20.5. The summed E-state index contributed by atoms with van der Waals surface area (Å²) in [7, 11) is 0. The van der Waals surface area contributed by atoms with Gasteiger partial charge in [-0.1, -0.05) is 63.2 Å². The van der Waals surface area contributed by atoms with Crippen LogP contribution >= 0.6 is 0 Å². The second-order valence-electron chi connectivity index (χ2n) is 8.09. The van der Waals surface area contributed by atoms with Crippen molar-refractivity contribution >= 4 is 5.78 Å². The molecule has 2 aromatic carbocycles. The molecule has 1 aliphatic rings. The molecule has 0 saturated carbocycles. The molecule has 0 radical (unpaired) electrons. The molecular formula is C22H26O6. The number of phenolic OH excluding ortho intramolecular Hbond substituents is 1. The molecule has 0 amide bonds. The first-order chi connectivity index (χ1) is 13.1. The molecule has 0 spiro atoms. The van der Waals surface area contributed by atoms with E-state index in [1.165, 1.54) is 0 Å². The number of phenols is 1. The lowest BCUT2D eigenvalue weighted by Crippen LogP contribution is -2.52. The lowest BCUT2D eigenvalue weighted by Gasteiger charge is -2.39. The second kappa shape index (κ2) is 7.64. The number of aromatic hydroxyl groups is 1. The van der Waals surface area contributed by atoms with Crippen molar-refractivity contribution in [1.82, 2.24) is 0 Å². The number of rotatable bonds is 4. The van der Waals surface area contributed by atoms with Crippen LogP contribution in [0.5, 0.6) is 5.75 Å². The average molecular weight is 386 g/mol. The Morgan fingerprint density at radius 3 is 2.14 bits per heavy atom. The van der Waals surface area contributed by atoms with Crippen LogP contribution in [0.15, 0.2) is 48.5 Å². The fraction of sp³-hybridized carbons (Fsp3) is 0.409. The van der Waals surface area contributed by atoms with E-state index in [-0.39, 0.29) is 35.7 Å². The van der Waals surface area contributed by atoms with E-state index < -0.39 is 18.0 Å². The minimum atomic E-state index is -2.01. The predicted molar refractivity (Wildman–Crippen MR) is 103 cm³/mol. The standard InChI is InChI=1S/C22H26O6/c1-21(2,3)15-9-10-17(18(24)11-15)22(26,14-7-5-4-6-8-14)19(25)20-27-12-16(23)13-28-20/h4-11,19-20,24-26H,12-13H2,1-3H3. The van der Waals surface area contributed by atoms with Gasteiger partial charge in [-0.25, -0.2) is 0 Å². The van der Waals surface area contributed by atoms with Crippen LogP contribution < -0.4 is 0 Å². The van der Waals surface area contributed by atoms with E-state index in [1.807, 2.05) is 26.8 Å². The van der Waals surface area contributed by atoms with Crippen molar-refractivity contribution in [3.05, 3.63) is 65.2 Å². The van der Waals surface area contributed by atoms with E-state index in [1.54, 1.807) is 42.5 Å². The van der Waals surface area contributed by atoms with Crippen LogP contribution in [0.3, 0.4) is 0 Å². The monoisotopic (exact) mass is 386 g/mol. The molecule has 6 nitrogen and oxygen atoms in total. The van der Waals surface area contributed by atoms with Gasteiger partial charge in [0.15, 0.2) is 12.1 Å². The Morgan fingerprint density at radius 2 is 1.61 bits per heavy atom. The lowest BCUT2D eigenvalue weighted by molar-refractivity contribution is -0.246. The Balaban J connectivity index is 2.09. The first-order valence-electron chi connectivity index (χ1n) is 9.19. The molecule has 2 aromatic rings. The summed E-state index contributed by atoms with van der Waals surface area (Å²) < 4.78 is 10.6. The predicted octanol–water partition coefficient (Wildman–Crippen LogP) is 2.23. The molecule has 0 aliphatic carbocycles. The van der Waals surface area contributed by atoms with Gasteiger partial charge in [0.05, 0.1) is 0 Å². The maximum Gasteiger partial charge on any atom is 0.188 e. The first-order valence-corrected chi connectivity index (χ1v) is 9.19. The first kappa shape index (κ1) is 20.5. The third kappa shape index (κ3) is 3.82. The largest absolute Gasteiger partial charge is 0.508 e. The molecular weight excluding hydrogens is 360 g/mol. The number of hydrogen-bond acceptors (Lipinski definition) is 6. The van der Waals surface area contributed by atoms with Crippen molar-refractivity contribution in [3.63, 3.8) is 0 Å². The van der Waals surface area contributed by atoms with Crippen LogP contribution in [0.4, 0.5) is 0 Å². The van der Waals surface area contributed by atoms with Gasteiger partial charge >= 0.3 is 0 Å². The van der Waals surface area contributed by atoms with E-state index in [0.29, 0.717) is 5.56 Å². The van der Waals surface area contributed by atoms with Crippen LogP contribution in [-0.2, 0) is 25.3 Å². The zero-order valence-corrected chi connectivity index (χ0v) is 16.3. The topological polar surface area (TPSA) is 96.2 Å². The summed E-state index contributed by atoms with van der Waals surface area (Å²) in [4.78, 5) is 11.4. The third-order valence-corrected chi connectivity index (χ3v) is 4.99. The van der Waals surface area contributed by atoms with Gasteiger partial charge in [-0.2, -0.15) is 0 Å². The van der Waals surface area contributed by atoms with Gasteiger partial charge < -0.3 is 24.8 Å². The maximum atomic E-state index is 11.7. The summed E-state index contributed by atoms with van der Waals surface area (Å²) in [6.07, 6.45) is -2.79. The van der Waals surface area contributed by atoms with Gasteiger partial charge in [0.25, 0.3) is 0 Å². The quantitative estimate of drug-likeness (QED) is 0.746. The summed E-state index contributed by atoms with van der Waals surface area (Å²) in [6.45, 7) is 5.63. The minimum Gasteiger partial charge on any atom is -0.508 e. The highest BCUT2D eigenvalue weighted by atomic mass is 16.7. The highest BCUT2D eigenvalue weighted by Gasteiger charge is 2.47. The molecule has 1 saturated heterocycles. The lowest BCUT2D eigenvalue weighted by atomic mass is 9.78. The van der Waals surface area contributed by atoms with Gasteiger partial charge in [-0.15, -0.1) is 0 Å². The normalized spacial score (nSPS) is 19.2. The highest BCUT2D eigenvalue weighted by molar-refractivity contribution is 5.81. The molecule has 2 unspecified atom stereocenters. The van der Waals surface area contributed by atoms with E-state index in [2.05, 4.69) is 0 Å². The highest BCUT2D eigenvalue weighted by Crippen LogP contribution is 2.41. The van der Waals surface area contributed by atoms with Crippen molar-refractivity contribution in [2.45, 2.75) is 44.2 Å². The van der Waals surface area contributed by atoms with Crippen molar-refractivity contribution in [3.8, 4) is 5.75 Å².